The molecular weight excluding hydrogens is 312 g/mol. The van der Waals surface area contributed by atoms with Crippen molar-refractivity contribution < 1.29 is 4.74 Å². The van der Waals surface area contributed by atoms with Gasteiger partial charge in [0.05, 0.1) is 11.9 Å². The van der Waals surface area contributed by atoms with Gasteiger partial charge in [-0.25, -0.2) is 0 Å². The first kappa shape index (κ1) is 15.1. The van der Waals surface area contributed by atoms with Crippen LogP contribution in [0.4, 0.5) is 0 Å². The van der Waals surface area contributed by atoms with Gasteiger partial charge >= 0.3 is 0 Å². The Morgan fingerprint density at radius 2 is 1.60 bits per heavy atom. The predicted molar refractivity (Wildman–Crippen MR) is 88.9 cm³/mol. The Bertz CT molecular complexity index is 548. The van der Waals surface area contributed by atoms with Crippen molar-refractivity contribution in [2.75, 3.05) is 7.11 Å². The Kier molecular flexibility index (Phi) is 5.24. The molecule has 2 atom stereocenters. The minimum absolute atomic E-state index is 0.157. The summed E-state index contributed by atoms with van der Waals surface area (Å²) in [5, 5.41) is 0. The van der Waals surface area contributed by atoms with Gasteiger partial charge in [-0.2, -0.15) is 0 Å². The number of para-hydroxylation sites is 1. The zero-order valence-electron chi connectivity index (χ0n) is 12.3. The van der Waals surface area contributed by atoms with Gasteiger partial charge in [0.2, 0.25) is 0 Å². The fourth-order valence-electron chi connectivity index (χ4n) is 2.28. The van der Waals surface area contributed by atoms with Gasteiger partial charge in [0.25, 0.3) is 0 Å². The largest absolute Gasteiger partial charge is 0.496 e. The molecule has 0 amide bonds. The lowest BCUT2D eigenvalue weighted by atomic mass is 9.96. The summed E-state index contributed by atoms with van der Waals surface area (Å²) in [6.45, 7) is 4.49. The maximum Gasteiger partial charge on any atom is 0.123 e. The smallest absolute Gasteiger partial charge is 0.123 e. The zero-order chi connectivity index (χ0) is 14.5. The van der Waals surface area contributed by atoms with Crippen molar-refractivity contribution in [3.63, 3.8) is 0 Å². The summed E-state index contributed by atoms with van der Waals surface area (Å²) in [7, 11) is 1.71. The molecule has 0 aliphatic carbocycles. The average molecular weight is 333 g/mol. The second kappa shape index (κ2) is 6.94. The number of hydrogen-bond donors (Lipinski definition) is 0. The van der Waals surface area contributed by atoms with Crippen molar-refractivity contribution >= 4 is 15.9 Å². The number of halogens is 1. The molecule has 0 spiro atoms. The van der Waals surface area contributed by atoms with Gasteiger partial charge in [-0.15, -0.1) is 0 Å². The van der Waals surface area contributed by atoms with E-state index in [1.807, 2.05) is 18.2 Å². The van der Waals surface area contributed by atoms with E-state index in [-0.39, 0.29) is 4.83 Å². The Balaban J connectivity index is 2.27. The summed E-state index contributed by atoms with van der Waals surface area (Å²) in [4.78, 5) is 0.157. The van der Waals surface area contributed by atoms with Gasteiger partial charge in [-0.1, -0.05) is 72.2 Å². The van der Waals surface area contributed by atoms with E-state index in [0.29, 0.717) is 5.92 Å². The summed E-state index contributed by atoms with van der Waals surface area (Å²) >= 11 is 3.78. The summed E-state index contributed by atoms with van der Waals surface area (Å²) in [6, 6.07) is 17.0. The van der Waals surface area contributed by atoms with E-state index in [2.05, 4.69) is 60.1 Å². The molecule has 0 saturated carbocycles. The monoisotopic (exact) mass is 332 g/mol. The molecule has 0 aromatic heterocycles. The molecule has 0 fully saturated rings. The third kappa shape index (κ3) is 3.24. The first-order chi connectivity index (χ1) is 9.67. The van der Waals surface area contributed by atoms with Crippen LogP contribution in [0.25, 0.3) is 0 Å². The number of methoxy groups -OCH3 is 1. The molecule has 2 aromatic rings. The fourth-order valence-corrected chi connectivity index (χ4v) is 2.97. The van der Waals surface area contributed by atoms with Crippen LogP contribution in [0.5, 0.6) is 5.75 Å². The van der Waals surface area contributed by atoms with E-state index in [1.54, 1.807) is 7.11 Å². The van der Waals surface area contributed by atoms with Crippen LogP contribution < -0.4 is 4.74 Å². The number of ether oxygens (including phenoxy) is 1. The third-order valence-corrected chi connectivity index (χ3v) is 4.84. The van der Waals surface area contributed by atoms with E-state index in [9.17, 15) is 0 Å². The van der Waals surface area contributed by atoms with E-state index in [4.69, 9.17) is 4.74 Å². The highest BCUT2D eigenvalue weighted by atomic mass is 79.9. The molecule has 2 unspecified atom stereocenters. The highest BCUT2D eigenvalue weighted by Gasteiger charge is 2.15. The number of hydrogen-bond acceptors (Lipinski definition) is 1. The predicted octanol–water partition coefficient (Wildman–Crippen LogP) is 5.69. The second-order valence-electron chi connectivity index (χ2n) is 5.08. The molecule has 106 valence electrons. The minimum atomic E-state index is 0.157. The molecule has 0 heterocycles. The van der Waals surface area contributed by atoms with Gasteiger partial charge < -0.3 is 4.74 Å². The Labute approximate surface area is 130 Å². The van der Waals surface area contributed by atoms with Crippen LogP contribution in [0.3, 0.4) is 0 Å². The van der Waals surface area contributed by atoms with Crippen molar-refractivity contribution in [1.82, 2.24) is 0 Å². The van der Waals surface area contributed by atoms with Gasteiger partial charge in [0.15, 0.2) is 0 Å². The van der Waals surface area contributed by atoms with Crippen molar-refractivity contribution in [3.05, 3.63) is 65.2 Å². The lowest BCUT2D eigenvalue weighted by Gasteiger charge is -2.16. The minimum Gasteiger partial charge on any atom is -0.496 e. The van der Waals surface area contributed by atoms with Gasteiger partial charge in [0, 0.05) is 5.56 Å². The van der Waals surface area contributed by atoms with Gasteiger partial charge in [-0.05, 0) is 29.5 Å². The summed E-state index contributed by atoms with van der Waals surface area (Å²) in [5.74, 6) is 1.53. The van der Waals surface area contributed by atoms with E-state index in [1.165, 1.54) is 17.5 Å². The fraction of sp³-hybridized carbons (Fsp3) is 0.333. The first-order valence-corrected chi connectivity index (χ1v) is 7.95. The topological polar surface area (TPSA) is 9.23 Å². The highest BCUT2D eigenvalue weighted by molar-refractivity contribution is 9.09. The molecular formula is C18H21BrO. The normalized spacial score (nSPS) is 13.8. The summed E-state index contributed by atoms with van der Waals surface area (Å²) in [6.07, 6.45) is 1.17. The molecule has 0 aliphatic rings. The molecule has 0 aliphatic heterocycles. The van der Waals surface area contributed by atoms with E-state index < -0.39 is 0 Å². The molecule has 0 bridgehead atoms. The molecule has 0 saturated heterocycles. The van der Waals surface area contributed by atoms with Crippen molar-refractivity contribution in [2.45, 2.75) is 31.0 Å². The Morgan fingerprint density at radius 1 is 1.00 bits per heavy atom. The third-order valence-electron chi connectivity index (χ3n) is 3.82. The molecule has 2 rings (SSSR count). The van der Waals surface area contributed by atoms with Crippen LogP contribution in [-0.2, 0) is 0 Å². The number of benzene rings is 2. The van der Waals surface area contributed by atoms with Crippen LogP contribution in [0.1, 0.15) is 47.7 Å². The van der Waals surface area contributed by atoms with Crippen LogP contribution in [0, 0.1) is 0 Å². The molecule has 20 heavy (non-hydrogen) atoms. The number of alkyl halides is 1. The van der Waals surface area contributed by atoms with Crippen molar-refractivity contribution in [1.29, 1.82) is 0 Å². The molecule has 1 nitrogen and oxygen atoms in total. The second-order valence-corrected chi connectivity index (χ2v) is 6.00. The summed E-state index contributed by atoms with van der Waals surface area (Å²) < 4.78 is 5.44. The lowest BCUT2D eigenvalue weighted by Crippen LogP contribution is -1.98. The van der Waals surface area contributed by atoms with E-state index >= 15 is 0 Å². The standard InChI is InChI=1S/C18H21BrO/c1-4-13(2)14-9-11-15(12-10-14)18(19)16-7-5-6-8-17(16)20-3/h5-13,18H,4H2,1-3H3. The Morgan fingerprint density at radius 3 is 2.20 bits per heavy atom. The zero-order valence-corrected chi connectivity index (χ0v) is 13.9. The quantitative estimate of drug-likeness (QED) is 0.639. The highest BCUT2D eigenvalue weighted by Crippen LogP contribution is 2.36. The average Bonchev–Trinajstić information content (AvgIpc) is 2.53. The lowest BCUT2D eigenvalue weighted by molar-refractivity contribution is 0.410. The number of rotatable bonds is 5. The first-order valence-electron chi connectivity index (χ1n) is 7.04. The van der Waals surface area contributed by atoms with Gasteiger partial charge in [-0.3, -0.25) is 0 Å². The van der Waals surface area contributed by atoms with Crippen LogP contribution in [0.2, 0.25) is 0 Å². The molecule has 0 radical (unpaired) electrons. The van der Waals surface area contributed by atoms with Gasteiger partial charge in [0.1, 0.15) is 5.75 Å². The van der Waals surface area contributed by atoms with Crippen LogP contribution >= 0.6 is 15.9 Å². The molecule has 2 heteroatoms. The summed E-state index contributed by atoms with van der Waals surface area (Å²) in [5.41, 5.74) is 3.81. The Hall–Kier alpha value is -1.28. The van der Waals surface area contributed by atoms with E-state index in [0.717, 1.165) is 11.3 Å². The molecule has 0 N–H and O–H groups in total. The maximum absolute atomic E-state index is 5.44. The van der Waals surface area contributed by atoms with Crippen molar-refractivity contribution in [3.8, 4) is 5.75 Å². The van der Waals surface area contributed by atoms with Crippen molar-refractivity contribution in [2.24, 2.45) is 0 Å². The SMILES string of the molecule is CCC(C)c1ccc(C(Br)c2ccccc2OC)cc1. The van der Waals surface area contributed by atoms with Crippen LogP contribution in [-0.4, -0.2) is 7.11 Å². The maximum atomic E-state index is 5.44. The molecule has 2 aromatic carbocycles. The van der Waals surface area contributed by atoms with Crippen LogP contribution in [0.15, 0.2) is 48.5 Å².